The van der Waals surface area contributed by atoms with E-state index in [9.17, 15) is 48.7 Å². The van der Waals surface area contributed by atoms with E-state index in [-0.39, 0.29) is 49.2 Å². The number of hydrogen-bond donors (Lipinski definition) is 6. The van der Waals surface area contributed by atoms with Crippen LogP contribution >= 0.6 is 0 Å². The van der Waals surface area contributed by atoms with Crippen molar-refractivity contribution in [3.63, 3.8) is 0 Å². The minimum absolute atomic E-state index is 0.0541. The number of carbonyl (C=O) groups is 3. The van der Waals surface area contributed by atoms with Crippen molar-refractivity contribution in [2.24, 2.45) is 16.6 Å². The van der Waals surface area contributed by atoms with Gasteiger partial charge in [0.15, 0.2) is 11.4 Å². The van der Waals surface area contributed by atoms with Gasteiger partial charge in [-0.3, -0.25) is 24.3 Å². The zero-order valence-corrected chi connectivity index (χ0v) is 23.3. The molecule has 0 bridgehead atoms. The summed E-state index contributed by atoms with van der Waals surface area (Å²) in [4.78, 5) is 47.2. The quantitative estimate of drug-likeness (QED) is 0.252. The largest absolute Gasteiger partial charge is 0.508 e. The first kappa shape index (κ1) is 29.7. The Morgan fingerprint density at radius 1 is 1.16 bits per heavy atom. The van der Waals surface area contributed by atoms with Gasteiger partial charge in [0.05, 0.1) is 29.1 Å². The lowest BCUT2D eigenvalue weighted by Crippen LogP contribution is -2.76. The molecule has 44 heavy (non-hydrogen) atoms. The molecule has 1 spiro atoms. The van der Waals surface area contributed by atoms with Crippen LogP contribution in [-0.2, 0) is 20.9 Å². The second-order valence-corrected chi connectivity index (χ2v) is 11.7. The molecule has 1 saturated carbocycles. The number of fused-ring (bicyclic) bond motifs is 3. The number of aliphatic hydroxyl groups excluding tert-OH is 3. The number of ketones is 2. The van der Waals surface area contributed by atoms with Crippen LogP contribution in [-0.4, -0.2) is 101 Å². The SMILES string of the molecule is C=CN(C=C)[C@@H]1C(=O)C(C(N)=O)=C(O)[C@@]2(O)C(=O)C3=C(O)c4c(ccc(CN5CCC(F)(F)CC5)c4O)[C@@H]4C=N[C@]34[C@H](O)[C@@H]12. The average Bonchev–Trinajstić information content (AvgIpc) is 2.94. The fraction of sp³-hybridized carbons (Fsp3) is 0.400. The zero-order valence-electron chi connectivity index (χ0n) is 23.3. The van der Waals surface area contributed by atoms with Crippen molar-refractivity contribution < 1.29 is 48.7 Å². The van der Waals surface area contributed by atoms with Crippen molar-refractivity contribution >= 4 is 29.4 Å². The highest BCUT2D eigenvalue weighted by Crippen LogP contribution is 2.62. The lowest BCUT2D eigenvalue weighted by atomic mass is 9.49. The van der Waals surface area contributed by atoms with Gasteiger partial charge < -0.3 is 36.2 Å². The molecule has 0 aromatic heterocycles. The van der Waals surface area contributed by atoms with Crippen LogP contribution in [0.3, 0.4) is 0 Å². The van der Waals surface area contributed by atoms with E-state index in [4.69, 9.17) is 5.73 Å². The van der Waals surface area contributed by atoms with Gasteiger partial charge in [0.25, 0.3) is 11.8 Å². The second-order valence-electron chi connectivity index (χ2n) is 11.7. The van der Waals surface area contributed by atoms with Gasteiger partial charge in [-0.15, -0.1) is 0 Å². The van der Waals surface area contributed by atoms with E-state index >= 15 is 0 Å². The molecule has 0 radical (unpaired) electrons. The molecule has 6 atom stereocenters. The summed E-state index contributed by atoms with van der Waals surface area (Å²) >= 11 is 0. The van der Waals surface area contributed by atoms with Gasteiger partial charge >= 0.3 is 0 Å². The molecule has 3 aliphatic carbocycles. The Balaban J connectivity index is 1.53. The standard InChI is InChI=1S/C30H30F2N4O8/c1-3-36(4-2)20-18-25(41)29-15(11-34-29)14-6-5-13(12-35-9-7-28(31,32)8-10-35)21(37)16(14)22(38)19(29)26(42)30(18,44)24(40)17(23(20)39)27(33)43/h3-6,11,15,18,20,25,37-38,40-41,44H,1-2,7-10,12H2,(H2,33,43)/t15-,18+,20-,25+,29-,30+/m0/s1. The topological polar surface area (TPSA) is 197 Å². The van der Waals surface area contributed by atoms with E-state index in [2.05, 4.69) is 18.2 Å². The predicted molar refractivity (Wildman–Crippen MR) is 150 cm³/mol. The monoisotopic (exact) mass is 612 g/mol. The third-order valence-corrected chi connectivity index (χ3v) is 9.68. The zero-order chi connectivity index (χ0) is 32.1. The van der Waals surface area contributed by atoms with Gasteiger partial charge in [-0.1, -0.05) is 25.3 Å². The third kappa shape index (κ3) is 3.58. The first-order valence-electron chi connectivity index (χ1n) is 13.9. The second kappa shape index (κ2) is 9.55. The van der Waals surface area contributed by atoms with Crippen molar-refractivity contribution in [2.75, 3.05) is 13.1 Å². The van der Waals surface area contributed by atoms with E-state index in [1.807, 2.05) is 0 Å². The Morgan fingerprint density at radius 2 is 1.80 bits per heavy atom. The Kier molecular flexibility index (Phi) is 6.44. The summed E-state index contributed by atoms with van der Waals surface area (Å²) in [6.07, 6.45) is 0.940. The molecule has 14 heteroatoms. The number of piperidine rings is 1. The summed E-state index contributed by atoms with van der Waals surface area (Å²) in [5.41, 5.74) is -1.13. The number of nitrogens with zero attached hydrogens (tertiary/aromatic N) is 3. The maximum Gasteiger partial charge on any atom is 0.255 e. The normalized spacial score (nSPS) is 33.9. The molecule has 1 saturated heterocycles. The Bertz CT molecular complexity index is 1630. The lowest BCUT2D eigenvalue weighted by Gasteiger charge is -2.60. The summed E-state index contributed by atoms with van der Waals surface area (Å²) < 4.78 is 27.4. The predicted octanol–water partition coefficient (Wildman–Crippen LogP) is 0.941. The highest BCUT2D eigenvalue weighted by Gasteiger charge is 2.75. The molecule has 5 aliphatic rings. The van der Waals surface area contributed by atoms with E-state index < -0.39 is 86.9 Å². The van der Waals surface area contributed by atoms with Crippen LogP contribution in [0.5, 0.6) is 5.75 Å². The highest BCUT2D eigenvalue weighted by molar-refractivity contribution is 6.25. The molecule has 2 fully saturated rings. The molecule has 12 nitrogen and oxygen atoms in total. The number of amides is 1. The van der Waals surface area contributed by atoms with Crippen molar-refractivity contribution in [1.82, 2.24) is 9.80 Å². The van der Waals surface area contributed by atoms with E-state index in [1.54, 1.807) is 17.0 Å². The summed E-state index contributed by atoms with van der Waals surface area (Å²) in [6.45, 7) is 7.35. The van der Waals surface area contributed by atoms with Crippen LogP contribution < -0.4 is 5.73 Å². The van der Waals surface area contributed by atoms with Crippen molar-refractivity contribution in [1.29, 1.82) is 0 Å². The van der Waals surface area contributed by atoms with Crippen LogP contribution in [0.25, 0.3) is 5.76 Å². The number of benzene rings is 1. The minimum Gasteiger partial charge on any atom is -0.508 e. The van der Waals surface area contributed by atoms with Gasteiger partial charge in [0.2, 0.25) is 5.78 Å². The number of aliphatic imine (C=N–C) groups is 1. The molecule has 1 aromatic rings. The maximum atomic E-state index is 14.3. The molecule has 7 N–H and O–H groups in total. The van der Waals surface area contributed by atoms with Crippen LogP contribution in [0.2, 0.25) is 0 Å². The Hall–Kier alpha value is -4.40. The lowest BCUT2D eigenvalue weighted by molar-refractivity contribution is -0.170. The first-order valence-corrected chi connectivity index (χ1v) is 13.9. The first-order chi connectivity index (χ1) is 20.7. The average molecular weight is 613 g/mol. The number of nitrogens with two attached hydrogens (primary N) is 1. The fourth-order valence-electron chi connectivity index (χ4n) is 7.41. The number of phenolic OH excluding ortho intramolecular Hbond substituents is 1. The van der Waals surface area contributed by atoms with Crippen molar-refractivity contribution in [3.8, 4) is 5.75 Å². The molecule has 232 valence electrons. The number of primary amides is 1. The maximum absolute atomic E-state index is 14.3. The molecule has 1 amide bonds. The summed E-state index contributed by atoms with van der Waals surface area (Å²) in [5.74, 6) is -12.2. The highest BCUT2D eigenvalue weighted by atomic mass is 19.3. The van der Waals surface area contributed by atoms with Gasteiger partial charge in [0.1, 0.15) is 34.4 Å². The number of aliphatic hydroxyl groups is 4. The number of Topliss-reactive ketones (excluding diaryl/α,β-unsaturated/α-hetero) is 2. The number of aromatic hydroxyl groups is 1. The molecule has 0 unspecified atom stereocenters. The van der Waals surface area contributed by atoms with Crippen molar-refractivity contribution in [2.45, 2.75) is 54.5 Å². The third-order valence-electron chi connectivity index (χ3n) is 9.68. The van der Waals surface area contributed by atoms with Crippen LogP contribution in [0, 0.1) is 5.92 Å². The Labute approximate surface area is 249 Å². The summed E-state index contributed by atoms with van der Waals surface area (Å²) in [6, 6.07) is 1.40. The molecular formula is C30H30F2N4O8. The van der Waals surface area contributed by atoms with E-state index in [1.165, 1.54) is 6.21 Å². The number of alkyl halides is 2. The molecule has 2 heterocycles. The molecule has 6 rings (SSSR count). The molecule has 2 aliphatic heterocycles. The van der Waals surface area contributed by atoms with E-state index in [0.717, 1.165) is 17.3 Å². The van der Waals surface area contributed by atoms with Crippen LogP contribution in [0.4, 0.5) is 8.78 Å². The number of likely N-dealkylation sites (tertiary alicyclic amines) is 1. The van der Waals surface area contributed by atoms with Gasteiger partial charge in [0, 0.05) is 44.3 Å². The molecular weight excluding hydrogens is 582 g/mol. The Morgan fingerprint density at radius 3 is 2.34 bits per heavy atom. The van der Waals surface area contributed by atoms with Crippen LogP contribution in [0.15, 0.2) is 59.6 Å². The number of carbonyl (C=O) groups excluding carboxylic acids is 3. The van der Waals surface area contributed by atoms with Gasteiger partial charge in [-0.05, 0) is 18.0 Å². The van der Waals surface area contributed by atoms with Crippen LogP contribution in [0.1, 0.15) is 35.4 Å². The van der Waals surface area contributed by atoms with Gasteiger partial charge in [-0.2, -0.15) is 0 Å². The number of phenols is 1. The number of rotatable bonds is 6. The fourth-order valence-corrected chi connectivity index (χ4v) is 7.41. The van der Waals surface area contributed by atoms with Crippen molar-refractivity contribution in [3.05, 3.63) is 71.3 Å². The summed E-state index contributed by atoms with van der Waals surface area (Å²) in [7, 11) is 0. The van der Waals surface area contributed by atoms with E-state index in [0.29, 0.717) is 0 Å². The number of halogens is 2. The summed E-state index contributed by atoms with van der Waals surface area (Å²) in [5, 5.41) is 58.0. The smallest absolute Gasteiger partial charge is 0.255 e. The van der Waals surface area contributed by atoms with Gasteiger partial charge in [-0.25, -0.2) is 8.78 Å². The number of hydrogen-bond acceptors (Lipinski definition) is 11. The minimum atomic E-state index is -3.15. The molecule has 1 aromatic carbocycles.